The topological polar surface area (TPSA) is 88.1 Å². The first kappa shape index (κ1) is 18.0. The second kappa shape index (κ2) is 8.02. The maximum Gasteiger partial charge on any atom is 0.294 e. The molecule has 0 bridgehead atoms. The van der Waals surface area contributed by atoms with E-state index in [4.69, 9.17) is 9.47 Å². The third-order valence-electron chi connectivity index (χ3n) is 4.03. The zero-order valence-electron chi connectivity index (χ0n) is 13.8. The lowest BCUT2D eigenvalue weighted by molar-refractivity contribution is 0.0684. The molecule has 1 aromatic rings. The summed E-state index contributed by atoms with van der Waals surface area (Å²) in [5.41, 5.74) is 0. The summed E-state index contributed by atoms with van der Waals surface area (Å²) >= 11 is 1.44. The molecule has 1 aromatic heterocycles. The highest BCUT2D eigenvalue weighted by atomic mass is 32.2. The summed E-state index contributed by atoms with van der Waals surface area (Å²) in [6.07, 6.45) is 0. The van der Waals surface area contributed by atoms with Crippen molar-refractivity contribution in [1.82, 2.24) is 23.7 Å². The molecule has 0 amide bonds. The summed E-state index contributed by atoms with van der Waals surface area (Å²) in [6.45, 7) is 7.35. The van der Waals surface area contributed by atoms with Crippen LogP contribution in [0.1, 0.15) is 11.9 Å². The summed E-state index contributed by atoms with van der Waals surface area (Å²) in [4.78, 5) is 2.20. The van der Waals surface area contributed by atoms with Gasteiger partial charge in [-0.05, 0) is 6.92 Å². The van der Waals surface area contributed by atoms with Gasteiger partial charge in [-0.2, -0.15) is 17.0 Å². The fourth-order valence-corrected chi connectivity index (χ4v) is 5.08. The molecule has 0 spiro atoms. The smallest absolute Gasteiger partial charge is 0.294 e. The zero-order valence-corrected chi connectivity index (χ0v) is 15.4. The number of piperazine rings is 1. The van der Waals surface area contributed by atoms with Crippen LogP contribution < -0.4 is 4.74 Å². The van der Waals surface area contributed by atoms with E-state index >= 15 is 0 Å². The van der Waals surface area contributed by atoms with E-state index in [9.17, 15) is 8.42 Å². The van der Waals surface area contributed by atoms with Crippen LogP contribution in [-0.4, -0.2) is 91.2 Å². The van der Waals surface area contributed by atoms with Gasteiger partial charge >= 0.3 is 0 Å². The van der Waals surface area contributed by atoms with Gasteiger partial charge in [0.15, 0.2) is 0 Å². The molecule has 9 nitrogen and oxygen atoms in total. The molecule has 3 heterocycles. The van der Waals surface area contributed by atoms with Gasteiger partial charge in [0.2, 0.25) is 0 Å². The number of hydrogen-bond acceptors (Lipinski definition) is 8. The number of morpholine rings is 1. The first-order valence-corrected chi connectivity index (χ1v) is 10.3. The number of aromatic nitrogens is 2. The van der Waals surface area contributed by atoms with Crippen LogP contribution >= 0.6 is 11.3 Å². The maximum absolute atomic E-state index is 12.6. The van der Waals surface area contributed by atoms with Crippen LogP contribution in [0.25, 0.3) is 0 Å². The highest BCUT2D eigenvalue weighted by Crippen LogP contribution is 2.20. The van der Waals surface area contributed by atoms with Crippen molar-refractivity contribution in [3.05, 3.63) is 5.01 Å². The third kappa shape index (κ3) is 4.21. The summed E-state index contributed by atoms with van der Waals surface area (Å²) in [7, 11) is -3.37. The van der Waals surface area contributed by atoms with Gasteiger partial charge in [0, 0.05) is 39.3 Å². The van der Waals surface area contributed by atoms with Gasteiger partial charge in [0.05, 0.1) is 26.4 Å². The van der Waals surface area contributed by atoms with Crippen molar-refractivity contribution in [3.8, 4) is 5.19 Å². The minimum atomic E-state index is -3.37. The fourth-order valence-electron chi connectivity index (χ4n) is 2.73. The van der Waals surface area contributed by atoms with Crippen molar-refractivity contribution in [1.29, 1.82) is 0 Å². The lowest BCUT2D eigenvalue weighted by Crippen LogP contribution is -2.54. The minimum Gasteiger partial charge on any atom is -0.469 e. The minimum absolute atomic E-state index is 0.438. The molecule has 0 saturated carbocycles. The Morgan fingerprint density at radius 1 is 1.08 bits per heavy atom. The average Bonchev–Trinajstić information content (AvgIpc) is 3.04. The molecule has 3 rings (SSSR count). The monoisotopic (exact) mass is 377 g/mol. The standard InChI is InChI=1S/C13H23N5O4S2/c1-2-22-13-15-14-12(23-13)11-16-3-5-17(6-4-16)24(19,20)18-7-9-21-10-8-18/h2-11H2,1H3. The number of rotatable bonds is 6. The molecule has 0 aromatic carbocycles. The number of ether oxygens (including phenoxy) is 2. The van der Waals surface area contributed by atoms with E-state index in [-0.39, 0.29) is 0 Å². The molecule has 2 fully saturated rings. The van der Waals surface area contributed by atoms with Gasteiger partial charge in [-0.15, -0.1) is 10.2 Å². The van der Waals surface area contributed by atoms with E-state index in [0.29, 0.717) is 70.8 Å². The third-order valence-corrected chi connectivity index (χ3v) is 6.88. The van der Waals surface area contributed by atoms with Crippen LogP contribution in [0.4, 0.5) is 0 Å². The van der Waals surface area contributed by atoms with Crippen molar-refractivity contribution in [2.45, 2.75) is 13.5 Å². The van der Waals surface area contributed by atoms with E-state index in [0.717, 1.165) is 5.01 Å². The van der Waals surface area contributed by atoms with Crippen molar-refractivity contribution in [3.63, 3.8) is 0 Å². The predicted molar refractivity (Wildman–Crippen MR) is 89.2 cm³/mol. The normalized spacial score (nSPS) is 21.9. The number of hydrogen-bond donors (Lipinski definition) is 0. The Labute approximate surface area is 146 Å². The Hall–Kier alpha value is -0.850. The van der Waals surface area contributed by atoms with Crippen LogP contribution in [0.5, 0.6) is 5.19 Å². The van der Waals surface area contributed by atoms with Gasteiger partial charge in [-0.3, -0.25) is 4.90 Å². The molecule has 0 unspecified atom stereocenters. The highest BCUT2D eigenvalue weighted by molar-refractivity contribution is 7.86. The van der Waals surface area contributed by atoms with Gasteiger partial charge in [0.1, 0.15) is 5.01 Å². The summed E-state index contributed by atoms with van der Waals surface area (Å²) in [5, 5.41) is 9.58. The predicted octanol–water partition coefficient (Wildman–Crippen LogP) is -0.369. The van der Waals surface area contributed by atoms with Gasteiger partial charge in [-0.25, -0.2) is 0 Å². The second-order valence-electron chi connectivity index (χ2n) is 5.59. The van der Waals surface area contributed by atoms with Crippen molar-refractivity contribution < 1.29 is 17.9 Å². The van der Waals surface area contributed by atoms with E-state index in [1.807, 2.05) is 6.92 Å². The van der Waals surface area contributed by atoms with Crippen molar-refractivity contribution >= 4 is 21.5 Å². The van der Waals surface area contributed by atoms with Gasteiger partial charge < -0.3 is 9.47 Å². The summed E-state index contributed by atoms with van der Waals surface area (Å²) in [6, 6.07) is 0. The van der Waals surface area contributed by atoms with Gasteiger partial charge in [-0.1, -0.05) is 11.3 Å². The first-order valence-electron chi connectivity index (χ1n) is 8.10. The molecule has 2 aliphatic rings. The van der Waals surface area contributed by atoms with Crippen molar-refractivity contribution in [2.75, 3.05) is 59.1 Å². The maximum atomic E-state index is 12.6. The molecule has 0 N–H and O–H groups in total. The fraction of sp³-hybridized carbons (Fsp3) is 0.846. The molecule has 0 radical (unpaired) electrons. The Balaban J connectivity index is 1.51. The lowest BCUT2D eigenvalue weighted by Gasteiger charge is -2.37. The molecule has 0 aliphatic carbocycles. The van der Waals surface area contributed by atoms with Crippen LogP contribution in [0, 0.1) is 0 Å². The molecule has 24 heavy (non-hydrogen) atoms. The molecule has 0 atom stereocenters. The van der Waals surface area contributed by atoms with E-state index in [2.05, 4.69) is 15.1 Å². The molecule has 2 saturated heterocycles. The lowest BCUT2D eigenvalue weighted by atomic mass is 10.3. The first-order chi connectivity index (χ1) is 11.6. The SMILES string of the molecule is CCOc1nnc(CN2CCN(S(=O)(=O)N3CCOCC3)CC2)s1. The van der Waals surface area contributed by atoms with Crippen LogP contribution in [0.15, 0.2) is 0 Å². The number of nitrogens with zero attached hydrogens (tertiary/aromatic N) is 5. The summed E-state index contributed by atoms with van der Waals surface area (Å²) in [5.74, 6) is 0. The van der Waals surface area contributed by atoms with E-state index in [1.54, 1.807) is 4.31 Å². The average molecular weight is 377 g/mol. The zero-order chi connectivity index (χ0) is 17.0. The highest BCUT2D eigenvalue weighted by Gasteiger charge is 2.33. The largest absolute Gasteiger partial charge is 0.469 e. The molecular weight excluding hydrogens is 354 g/mol. The Bertz CT molecular complexity index is 624. The molecular formula is C13H23N5O4S2. The van der Waals surface area contributed by atoms with Crippen molar-refractivity contribution in [2.24, 2.45) is 0 Å². The molecule has 2 aliphatic heterocycles. The van der Waals surface area contributed by atoms with Crippen LogP contribution in [-0.2, 0) is 21.5 Å². The van der Waals surface area contributed by atoms with Crippen LogP contribution in [0.2, 0.25) is 0 Å². The molecule has 136 valence electrons. The van der Waals surface area contributed by atoms with Crippen LogP contribution in [0.3, 0.4) is 0 Å². The van der Waals surface area contributed by atoms with Gasteiger partial charge in [0.25, 0.3) is 15.4 Å². The Morgan fingerprint density at radius 3 is 2.42 bits per heavy atom. The quantitative estimate of drug-likeness (QED) is 0.668. The Morgan fingerprint density at radius 2 is 1.75 bits per heavy atom. The molecule has 11 heteroatoms. The van der Waals surface area contributed by atoms with E-state index in [1.165, 1.54) is 15.6 Å². The second-order valence-corrected chi connectivity index (χ2v) is 8.54. The Kier molecular flexibility index (Phi) is 6.00. The summed E-state index contributed by atoms with van der Waals surface area (Å²) < 4.78 is 38.9. The van der Waals surface area contributed by atoms with E-state index < -0.39 is 10.2 Å².